The molecule has 0 radical (unpaired) electrons. The van der Waals surface area contributed by atoms with E-state index in [0.717, 1.165) is 0 Å². The summed E-state index contributed by atoms with van der Waals surface area (Å²) in [6, 6.07) is 32.3. The third kappa shape index (κ3) is 4.68. The molecule has 4 aromatic rings. The molecule has 0 amide bonds. The topological polar surface area (TPSA) is 72.8 Å². The standard InChI is InChI=1S/C25H21O5PS/c1-20-17-18-24(25(19-20)32(26,27)28)31(23-15-9-4-10-16-23,29-21-11-5-2-6-12-21)30-22-13-7-3-8-14-22/h2-19H,1H3/p+1. The normalized spacial score (nSPS) is 11.7. The molecule has 7 heteroatoms. The van der Waals surface area contributed by atoms with Crippen LogP contribution >= 0.6 is 7.72 Å². The summed E-state index contributed by atoms with van der Waals surface area (Å²) in [7, 11) is -7.90. The molecule has 0 aliphatic rings. The Morgan fingerprint density at radius 3 is 1.62 bits per heavy atom. The fourth-order valence-corrected chi connectivity index (χ4v) is 7.44. The molecular formula is C25H22O5PS+. The Balaban J connectivity index is 2.05. The summed E-state index contributed by atoms with van der Waals surface area (Å²) >= 11 is 0. The van der Waals surface area contributed by atoms with E-state index in [9.17, 15) is 13.0 Å². The summed E-state index contributed by atoms with van der Waals surface area (Å²) in [5.41, 5.74) is 0.687. The van der Waals surface area contributed by atoms with Crippen LogP contribution in [0.25, 0.3) is 0 Å². The van der Waals surface area contributed by atoms with E-state index in [1.807, 2.05) is 66.7 Å². The van der Waals surface area contributed by atoms with Crippen molar-refractivity contribution in [3.8, 4) is 11.5 Å². The van der Waals surface area contributed by atoms with Gasteiger partial charge < -0.3 is 0 Å². The monoisotopic (exact) mass is 465 g/mol. The quantitative estimate of drug-likeness (QED) is 0.300. The minimum absolute atomic E-state index is 0.235. The lowest BCUT2D eigenvalue weighted by Crippen LogP contribution is -2.33. The van der Waals surface area contributed by atoms with Crippen molar-refractivity contribution in [1.29, 1.82) is 0 Å². The summed E-state index contributed by atoms with van der Waals surface area (Å²) in [4.78, 5) is -0.235. The summed E-state index contributed by atoms with van der Waals surface area (Å²) in [6.45, 7) is 1.76. The van der Waals surface area contributed by atoms with Crippen LogP contribution in [0.3, 0.4) is 0 Å². The summed E-state index contributed by atoms with van der Waals surface area (Å²) < 4.78 is 48.2. The second-order valence-electron chi connectivity index (χ2n) is 7.14. The molecule has 0 heterocycles. The molecule has 0 atom stereocenters. The van der Waals surface area contributed by atoms with Gasteiger partial charge in [-0.1, -0.05) is 60.7 Å². The van der Waals surface area contributed by atoms with Crippen LogP contribution in [0, 0.1) is 6.92 Å². The van der Waals surface area contributed by atoms with E-state index in [4.69, 9.17) is 9.05 Å². The predicted octanol–water partition coefficient (Wildman–Crippen LogP) is 5.20. The van der Waals surface area contributed by atoms with Gasteiger partial charge in [0.1, 0.15) is 4.90 Å². The molecule has 0 bridgehead atoms. The molecule has 0 aliphatic heterocycles. The van der Waals surface area contributed by atoms with Crippen LogP contribution in [0.5, 0.6) is 11.5 Å². The molecular weight excluding hydrogens is 443 g/mol. The van der Waals surface area contributed by atoms with Gasteiger partial charge in [0.25, 0.3) is 10.1 Å². The Kier molecular flexibility index (Phi) is 6.28. The number of para-hydroxylation sites is 2. The highest BCUT2D eigenvalue weighted by Crippen LogP contribution is 2.59. The molecule has 32 heavy (non-hydrogen) atoms. The molecule has 162 valence electrons. The van der Waals surface area contributed by atoms with Crippen LogP contribution in [0.15, 0.2) is 114 Å². The van der Waals surface area contributed by atoms with E-state index >= 15 is 0 Å². The molecule has 0 unspecified atom stereocenters. The molecule has 0 spiro atoms. The highest BCUT2D eigenvalue weighted by atomic mass is 32.2. The van der Waals surface area contributed by atoms with Gasteiger partial charge in [-0.3, -0.25) is 13.6 Å². The molecule has 0 saturated carbocycles. The molecule has 4 aromatic carbocycles. The predicted molar refractivity (Wildman–Crippen MR) is 128 cm³/mol. The average Bonchev–Trinajstić information content (AvgIpc) is 2.80. The maximum atomic E-state index is 12.5. The molecule has 0 fully saturated rings. The molecule has 5 nitrogen and oxygen atoms in total. The van der Waals surface area contributed by atoms with Gasteiger partial charge in [-0.25, -0.2) is 0 Å². The van der Waals surface area contributed by atoms with Gasteiger partial charge in [0.2, 0.25) is 0 Å². The summed E-state index contributed by atoms with van der Waals surface area (Å²) in [5.74, 6) is 1.03. The van der Waals surface area contributed by atoms with Crippen LogP contribution in [0.2, 0.25) is 0 Å². The van der Waals surface area contributed by atoms with Crippen LogP contribution < -0.4 is 19.7 Å². The van der Waals surface area contributed by atoms with Crippen molar-refractivity contribution in [2.75, 3.05) is 0 Å². The number of aryl methyl sites for hydroxylation is 1. The highest BCUT2D eigenvalue weighted by Gasteiger charge is 2.54. The summed E-state index contributed by atoms with van der Waals surface area (Å²) in [5, 5.41) is 0.936. The smallest absolute Gasteiger partial charge is 0.299 e. The molecule has 0 aromatic heterocycles. The van der Waals surface area contributed by atoms with Crippen molar-refractivity contribution < 1.29 is 22.0 Å². The first-order valence-corrected chi connectivity index (χ1v) is 13.0. The van der Waals surface area contributed by atoms with Crippen molar-refractivity contribution in [2.45, 2.75) is 11.8 Å². The zero-order valence-electron chi connectivity index (χ0n) is 17.3. The fraction of sp³-hybridized carbons (Fsp3) is 0.0400. The van der Waals surface area contributed by atoms with Crippen molar-refractivity contribution >= 4 is 28.4 Å². The van der Waals surface area contributed by atoms with Gasteiger partial charge in [0.15, 0.2) is 22.1 Å². The molecule has 4 rings (SSSR count). The SMILES string of the molecule is Cc1ccc([P+](Oc2ccccc2)(Oc2ccccc2)c2ccccc2)c(S(=O)(=O)O)c1. The maximum absolute atomic E-state index is 12.5. The van der Waals surface area contributed by atoms with Crippen LogP contribution in [0.4, 0.5) is 0 Å². The van der Waals surface area contributed by atoms with E-state index in [-0.39, 0.29) is 10.2 Å². The summed E-state index contributed by atoms with van der Waals surface area (Å²) in [6.07, 6.45) is 0. The zero-order chi connectivity index (χ0) is 22.6. The lowest BCUT2D eigenvalue weighted by Gasteiger charge is -2.25. The van der Waals surface area contributed by atoms with E-state index in [0.29, 0.717) is 22.4 Å². The fourth-order valence-electron chi connectivity index (χ4n) is 3.32. The van der Waals surface area contributed by atoms with Gasteiger partial charge in [0.05, 0.1) is 0 Å². The van der Waals surface area contributed by atoms with Crippen molar-refractivity contribution in [2.24, 2.45) is 0 Å². The largest absolute Gasteiger partial charge is 0.430 e. The highest BCUT2D eigenvalue weighted by molar-refractivity contribution is 7.88. The molecule has 1 N–H and O–H groups in total. The number of benzene rings is 4. The first-order chi connectivity index (χ1) is 15.4. The Labute approximate surface area is 188 Å². The van der Waals surface area contributed by atoms with Gasteiger partial charge in [-0.05, 0) is 61.0 Å². The molecule has 0 aliphatic carbocycles. The third-order valence-corrected chi connectivity index (χ3v) is 8.74. The van der Waals surface area contributed by atoms with Gasteiger partial charge >= 0.3 is 7.72 Å². The van der Waals surface area contributed by atoms with Crippen molar-refractivity contribution in [1.82, 2.24) is 0 Å². The van der Waals surface area contributed by atoms with Gasteiger partial charge in [-0.15, -0.1) is 0 Å². The third-order valence-electron chi connectivity index (χ3n) is 4.76. The first kappa shape index (κ1) is 22.0. The lowest BCUT2D eigenvalue weighted by molar-refractivity contribution is 0.476. The average molecular weight is 465 g/mol. The van der Waals surface area contributed by atoms with Crippen molar-refractivity contribution in [3.63, 3.8) is 0 Å². The van der Waals surface area contributed by atoms with E-state index < -0.39 is 17.8 Å². The second-order valence-corrected chi connectivity index (χ2v) is 11.0. The van der Waals surface area contributed by atoms with E-state index in [1.54, 1.807) is 43.3 Å². The Morgan fingerprint density at radius 2 is 1.16 bits per heavy atom. The number of hydrogen-bond acceptors (Lipinski definition) is 4. The van der Waals surface area contributed by atoms with E-state index in [2.05, 4.69) is 0 Å². The van der Waals surface area contributed by atoms with Gasteiger partial charge in [0, 0.05) is 0 Å². The first-order valence-electron chi connectivity index (χ1n) is 9.91. The van der Waals surface area contributed by atoms with E-state index in [1.165, 1.54) is 6.07 Å². The number of hydrogen-bond donors (Lipinski definition) is 1. The van der Waals surface area contributed by atoms with Gasteiger partial charge in [-0.2, -0.15) is 8.42 Å². The minimum atomic E-state index is -4.56. The van der Waals surface area contributed by atoms with Crippen molar-refractivity contribution in [3.05, 3.63) is 115 Å². The number of rotatable bonds is 7. The lowest BCUT2D eigenvalue weighted by atomic mass is 10.2. The van der Waals surface area contributed by atoms with Crippen LogP contribution in [-0.4, -0.2) is 13.0 Å². The zero-order valence-corrected chi connectivity index (χ0v) is 19.0. The Bertz CT molecular complexity index is 1250. The Hall–Kier alpha value is -3.18. The molecule has 0 saturated heterocycles. The maximum Gasteiger partial charge on any atom is 0.430 e. The second kappa shape index (κ2) is 9.13. The Morgan fingerprint density at radius 1 is 0.688 bits per heavy atom. The van der Waals surface area contributed by atoms with Crippen LogP contribution in [-0.2, 0) is 10.1 Å². The van der Waals surface area contributed by atoms with Crippen LogP contribution in [0.1, 0.15) is 5.56 Å². The minimum Gasteiger partial charge on any atom is -0.299 e.